The molecule has 1 aromatic carbocycles. The molecular weight excluding hydrogens is 910 g/mol. The van der Waals surface area contributed by atoms with Crippen LogP contribution in [0, 0.1) is 18.7 Å². The lowest BCUT2D eigenvalue weighted by atomic mass is 9.81. The summed E-state index contributed by atoms with van der Waals surface area (Å²) in [4.78, 5) is 124. The first-order chi connectivity index (χ1) is 33.3. The molecule has 0 unspecified atom stereocenters. The molecule has 0 fully saturated rings. The fourth-order valence-corrected chi connectivity index (χ4v) is 10.1. The van der Waals surface area contributed by atoms with Crippen molar-refractivity contribution in [2.75, 3.05) is 19.6 Å². The minimum Gasteiger partial charge on any atom is -0.458 e. The van der Waals surface area contributed by atoms with E-state index in [1.165, 1.54) is 27.7 Å². The zero-order chi connectivity index (χ0) is 50.8. The first-order valence-corrected chi connectivity index (χ1v) is 23.8. The highest BCUT2D eigenvalue weighted by Gasteiger charge is 2.46. The molecule has 3 aliphatic heterocycles. The summed E-state index contributed by atoms with van der Waals surface area (Å²) in [5.41, 5.74) is 12.3. The van der Waals surface area contributed by atoms with Gasteiger partial charge in [-0.15, -0.1) is 0 Å². The van der Waals surface area contributed by atoms with E-state index in [-0.39, 0.29) is 94.3 Å². The van der Waals surface area contributed by atoms with E-state index in [9.17, 15) is 48.3 Å². The zero-order valence-corrected chi connectivity index (χ0v) is 39.8. The molecule has 4 aliphatic rings. The highest BCUT2D eigenvalue weighted by molar-refractivity contribution is 6.12. The average molecular weight is 970 g/mol. The Labute approximate surface area is 402 Å². The molecule has 7 rings (SSSR count). The number of pyridine rings is 2. The Balaban J connectivity index is 1.09. The summed E-state index contributed by atoms with van der Waals surface area (Å²) in [7, 11) is 0. The number of halogens is 1. The van der Waals surface area contributed by atoms with E-state index in [1.807, 2.05) is 0 Å². The number of hydrogen-bond donors (Lipinski definition) is 6. The molecule has 20 nitrogen and oxygen atoms in total. The van der Waals surface area contributed by atoms with E-state index in [4.69, 9.17) is 21.2 Å². The van der Waals surface area contributed by atoms with Crippen molar-refractivity contribution >= 4 is 58.3 Å². The number of nitrogens with zero attached hydrogens (tertiary/aromatic N) is 4. The van der Waals surface area contributed by atoms with E-state index in [0.717, 1.165) is 10.5 Å². The first kappa shape index (κ1) is 50.8. The lowest BCUT2D eigenvalue weighted by molar-refractivity contribution is -0.172. The van der Waals surface area contributed by atoms with E-state index in [0.29, 0.717) is 71.1 Å². The number of ether oxygens (including phenoxy) is 1. The third-order valence-corrected chi connectivity index (χ3v) is 13.9. The summed E-state index contributed by atoms with van der Waals surface area (Å²) in [5, 5.41) is 20.5. The van der Waals surface area contributed by atoms with Crippen LogP contribution < -0.4 is 33.0 Å². The Morgan fingerprint density at radius 3 is 2.36 bits per heavy atom. The van der Waals surface area contributed by atoms with Crippen molar-refractivity contribution in [1.82, 2.24) is 35.3 Å². The monoisotopic (exact) mass is 969 g/mol. The highest BCUT2D eigenvalue weighted by Crippen LogP contribution is 2.46. The normalized spacial score (nSPS) is 18.5. The van der Waals surface area contributed by atoms with Gasteiger partial charge in [0.25, 0.3) is 17.4 Å². The third kappa shape index (κ3) is 10.0. The molecule has 0 spiro atoms. The Morgan fingerprint density at radius 1 is 0.971 bits per heavy atom. The maximum atomic E-state index is 15.5. The van der Waals surface area contributed by atoms with Gasteiger partial charge in [0.05, 0.1) is 35.1 Å². The van der Waals surface area contributed by atoms with Gasteiger partial charge in [-0.2, -0.15) is 0 Å². The average Bonchev–Trinajstić information content (AvgIpc) is 3.85. The molecule has 3 aromatic rings. The summed E-state index contributed by atoms with van der Waals surface area (Å²) < 4.78 is 22.2. The van der Waals surface area contributed by atoms with Crippen molar-refractivity contribution in [2.45, 2.75) is 135 Å². The molecule has 0 saturated heterocycles. The fraction of sp³-hybridized carbons (Fsp3) is 0.510. The van der Waals surface area contributed by atoms with Gasteiger partial charge in [0.1, 0.15) is 24.5 Å². The van der Waals surface area contributed by atoms with Gasteiger partial charge in [0, 0.05) is 67.2 Å². The molecule has 4 atom stereocenters. The van der Waals surface area contributed by atoms with Crippen LogP contribution in [0.4, 0.5) is 9.18 Å². The van der Waals surface area contributed by atoms with Gasteiger partial charge in [-0.1, -0.05) is 27.2 Å². The smallest absolute Gasteiger partial charge is 0.343 e. The van der Waals surface area contributed by atoms with Crippen molar-refractivity contribution in [2.24, 2.45) is 17.4 Å². The number of unbranched alkanes of at least 4 members (excludes halogenated alkanes) is 2. The molecule has 2 aromatic heterocycles. The Morgan fingerprint density at radius 2 is 1.69 bits per heavy atom. The van der Waals surface area contributed by atoms with Crippen molar-refractivity contribution < 1.29 is 52.6 Å². The predicted molar refractivity (Wildman–Crippen MR) is 250 cm³/mol. The van der Waals surface area contributed by atoms with Gasteiger partial charge in [-0.25, -0.2) is 19.0 Å². The van der Waals surface area contributed by atoms with Crippen LogP contribution in [-0.4, -0.2) is 104 Å². The second-order valence-corrected chi connectivity index (χ2v) is 18.7. The molecule has 70 heavy (non-hydrogen) atoms. The van der Waals surface area contributed by atoms with Crippen LogP contribution in [0.2, 0.25) is 0 Å². The number of fused-ring (bicyclic) bond motifs is 5. The predicted octanol–water partition coefficient (Wildman–Crippen LogP) is 2.17. The number of esters is 1. The Kier molecular flexibility index (Phi) is 15.2. The molecule has 8 amide bonds. The number of imide groups is 1. The number of carbonyl (C=O) groups is 8. The van der Waals surface area contributed by atoms with Crippen molar-refractivity contribution in [3.63, 3.8) is 0 Å². The Bertz CT molecular complexity index is 2750. The summed E-state index contributed by atoms with van der Waals surface area (Å²) in [5.74, 6) is -4.82. The van der Waals surface area contributed by atoms with Crippen LogP contribution in [0.25, 0.3) is 22.3 Å². The van der Waals surface area contributed by atoms with Gasteiger partial charge in [-0.3, -0.25) is 38.5 Å². The number of primary amides is 2. The van der Waals surface area contributed by atoms with Crippen LogP contribution in [-0.2, 0) is 63.5 Å². The molecular formula is C49H60FN9O11. The van der Waals surface area contributed by atoms with Gasteiger partial charge in [-0.05, 0) is 87.0 Å². The van der Waals surface area contributed by atoms with Crippen molar-refractivity contribution in [1.29, 1.82) is 0 Å². The van der Waals surface area contributed by atoms with Crippen LogP contribution in [0.15, 0.2) is 29.1 Å². The SMILES string of the molecule is CC[C@@]1(O)C(=O)OCc2c1cc1n(c2=O)Cc2c-1nc1cc(F)c(C)c3c1c2[C@@H](NC(=O)CCCN(C(=O)[C@@H](NC(=O)CCCCCN1C(=O)C=CC1=O)C(C)C)[C@@H](CCCNC(N)=O)C(N)=O)CC3. The van der Waals surface area contributed by atoms with Crippen LogP contribution >= 0.6 is 0 Å². The second kappa shape index (κ2) is 20.9. The quantitative estimate of drug-likeness (QED) is 0.0398. The van der Waals surface area contributed by atoms with Crippen LogP contribution in [0.3, 0.4) is 0 Å². The summed E-state index contributed by atoms with van der Waals surface area (Å²) in [6.45, 7) is 6.65. The number of nitrogens with one attached hydrogen (secondary N) is 3. The van der Waals surface area contributed by atoms with Gasteiger partial charge in [0.15, 0.2) is 5.60 Å². The molecule has 5 heterocycles. The summed E-state index contributed by atoms with van der Waals surface area (Å²) in [6.07, 6.45) is 4.77. The molecule has 0 bridgehead atoms. The molecule has 21 heteroatoms. The van der Waals surface area contributed by atoms with Crippen LogP contribution in [0.1, 0.15) is 124 Å². The lowest BCUT2D eigenvalue weighted by Gasteiger charge is -2.34. The maximum Gasteiger partial charge on any atom is 0.343 e. The standard InChI is InChI=1S/C49H60FN9O11/c1-5-49(69)30-21-35-43-28(23-59(35)45(65)29(30)24-70-47(49)67)41-32(15-14-27-26(4)31(50)22-33(55-43)40(27)41)54-36(60)13-10-20-57(34(44(51)64)11-9-18-53-48(52)68)46(66)42(25(2)3)56-37(61)12-7-6-8-19-58-38(62)16-17-39(58)63/h16-17,21-22,25,32,34,42,69H,5-15,18-20,23-24H2,1-4H3,(H2,51,64)(H,54,60)(H,56,61)(H3,52,53,68)/t32-,34-,42-,49-/m0/s1. The van der Waals surface area contributed by atoms with E-state index in [2.05, 4.69) is 16.0 Å². The number of urea groups is 1. The molecule has 0 radical (unpaired) electrons. The Hall–Kier alpha value is -7.03. The number of hydrogen-bond acceptors (Lipinski definition) is 12. The minimum absolute atomic E-state index is 0.0318. The maximum absolute atomic E-state index is 15.5. The first-order valence-electron chi connectivity index (χ1n) is 23.8. The summed E-state index contributed by atoms with van der Waals surface area (Å²) in [6, 6.07) is -0.784. The number of aromatic nitrogens is 2. The number of benzene rings is 1. The molecule has 8 N–H and O–H groups in total. The second-order valence-electron chi connectivity index (χ2n) is 18.7. The molecule has 374 valence electrons. The largest absolute Gasteiger partial charge is 0.458 e. The zero-order valence-electron chi connectivity index (χ0n) is 39.8. The topological polar surface area (TPSA) is 296 Å². The van der Waals surface area contributed by atoms with Gasteiger partial charge >= 0.3 is 12.0 Å². The minimum atomic E-state index is -2.06. The number of cyclic esters (lactones) is 1. The highest BCUT2D eigenvalue weighted by atomic mass is 19.1. The number of carbonyl (C=O) groups excluding carboxylic acids is 8. The number of rotatable bonds is 21. The number of amides is 8. The van der Waals surface area contributed by atoms with E-state index in [1.54, 1.807) is 33.8 Å². The third-order valence-electron chi connectivity index (χ3n) is 13.9. The van der Waals surface area contributed by atoms with Crippen molar-refractivity contribution in [3.05, 3.63) is 73.8 Å². The summed E-state index contributed by atoms with van der Waals surface area (Å²) >= 11 is 0. The lowest BCUT2D eigenvalue weighted by Crippen LogP contribution is -2.57. The molecule has 0 saturated carbocycles. The molecule has 1 aliphatic carbocycles. The van der Waals surface area contributed by atoms with Crippen LogP contribution in [0.5, 0.6) is 0 Å². The number of aliphatic hydroxyl groups is 1. The van der Waals surface area contributed by atoms with Gasteiger partial charge in [0.2, 0.25) is 23.6 Å². The number of nitrogens with two attached hydrogens (primary N) is 2. The van der Waals surface area contributed by atoms with E-state index < -0.39 is 76.7 Å². The number of aryl methyl sites for hydroxylation is 1. The van der Waals surface area contributed by atoms with E-state index >= 15 is 4.39 Å². The fourth-order valence-electron chi connectivity index (χ4n) is 10.1. The van der Waals surface area contributed by atoms with Crippen molar-refractivity contribution in [3.8, 4) is 11.4 Å². The van der Waals surface area contributed by atoms with Gasteiger partial charge < -0.3 is 46.7 Å².